The second kappa shape index (κ2) is 9.28. The molecular weight excluding hydrogens is 399 g/mol. The fraction of sp³-hybridized carbons (Fsp3) is 0.909. The Morgan fingerprint density at radius 2 is 1.68 bits per heavy atom. The van der Waals surface area contributed by atoms with Crippen molar-refractivity contribution >= 4 is 19.2 Å². The van der Waals surface area contributed by atoms with Crippen LogP contribution in [0.15, 0.2) is 0 Å². The van der Waals surface area contributed by atoms with Gasteiger partial charge in [0, 0.05) is 18.5 Å². The smallest absolute Gasteiger partial charge is 0.457 e. The molecule has 0 spiro atoms. The van der Waals surface area contributed by atoms with Gasteiger partial charge in [-0.05, 0) is 75.3 Å². The number of likely N-dealkylation sites (tertiary alicyclic amines) is 1. The summed E-state index contributed by atoms with van der Waals surface area (Å²) >= 11 is 0. The van der Waals surface area contributed by atoms with Crippen molar-refractivity contribution in [1.29, 1.82) is 0 Å². The highest BCUT2D eigenvalue weighted by Crippen LogP contribution is 2.39. The molecule has 2 aliphatic rings. The number of hydrogen-bond donors (Lipinski definition) is 0. The standard InChI is InChI=1S/C22H41BN2O6/c1-20(2,3)29-19(27)25-14-16(24(8)9)15(17(25)18(26)28-10)12-11-13-23-30-21(4,5)22(6,7)31-23/h15-17H,11-14H2,1-10H3/t15-,16+,17+/m1/s1. The topological polar surface area (TPSA) is 77.5 Å². The Kier molecular flexibility index (Phi) is 7.76. The lowest BCUT2D eigenvalue weighted by Gasteiger charge is -2.32. The lowest BCUT2D eigenvalue weighted by atomic mass is 9.79. The summed E-state index contributed by atoms with van der Waals surface area (Å²) in [6, 6.07) is -0.652. The summed E-state index contributed by atoms with van der Waals surface area (Å²) in [7, 11) is 5.03. The first-order valence-corrected chi connectivity index (χ1v) is 11.2. The third-order valence-corrected chi connectivity index (χ3v) is 6.63. The monoisotopic (exact) mass is 440 g/mol. The van der Waals surface area contributed by atoms with E-state index < -0.39 is 23.7 Å². The number of methoxy groups -OCH3 is 1. The molecule has 0 unspecified atom stereocenters. The third kappa shape index (κ3) is 5.93. The van der Waals surface area contributed by atoms with E-state index in [9.17, 15) is 9.59 Å². The first-order chi connectivity index (χ1) is 14.1. The second-order valence-corrected chi connectivity index (χ2v) is 10.9. The zero-order chi connectivity index (χ0) is 23.8. The molecule has 1 amide bonds. The first-order valence-electron chi connectivity index (χ1n) is 11.2. The van der Waals surface area contributed by atoms with Crippen LogP contribution < -0.4 is 0 Å². The molecule has 9 heteroatoms. The van der Waals surface area contributed by atoms with Crippen LogP contribution >= 0.6 is 0 Å². The van der Waals surface area contributed by atoms with E-state index in [0.29, 0.717) is 6.54 Å². The molecule has 0 aliphatic carbocycles. The molecule has 0 aromatic heterocycles. The average Bonchev–Trinajstić information content (AvgIpc) is 3.07. The average molecular weight is 440 g/mol. The van der Waals surface area contributed by atoms with Crippen molar-refractivity contribution in [2.24, 2.45) is 5.92 Å². The Bertz CT molecular complexity index is 645. The fourth-order valence-electron chi connectivity index (χ4n) is 4.32. The van der Waals surface area contributed by atoms with Gasteiger partial charge in [-0.2, -0.15) is 0 Å². The number of ether oxygens (including phenoxy) is 2. The minimum Gasteiger partial charge on any atom is -0.467 e. The van der Waals surface area contributed by atoms with E-state index in [1.807, 2.05) is 62.6 Å². The fourth-order valence-corrected chi connectivity index (χ4v) is 4.32. The lowest BCUT2D eigenvalue weighted by Crippen LogP contribution is -2.46. The second-order valence-electron chi connectivity index (χ2n) is 10.9. The molecule has 0 bridgehead atoms. The van der Waals surface area contributed by atoms with Crippen molar-refractivity contribution in [2.45, 2.75) is 96.5 Å². The van der Waals surface area contributed by atoms with E-state index in [0.717, 1.165) is 19.2 Å². The number of hydrogen-bond acceptors (Lipinski definition) is 7. The van der Waals surface area contributed by atoms with Crippen LogP contribution in [0.1, 0.15) is 61.3 Å². The Labute approximate surface area is 188 Å². The summed E-state index contributed by atoms with van der Waals surface area (Å²) in [6.07, 6.45) is 1.79. The van der Waals surface area contributed by atoms with Crippen molar-refractivity contribution in [3.05, 3.63) is 0 Å². The van der Waals surface area contributed by atoms with E-state index >= 15 is 0 Å². The zero-order valence-electron chi connectivity index (χ0n) is 21.0. The summed E-state index contributed by atoms with van der Waals surface area (Å²) in [5.41, 5.74) is -1.36. The highest BCUT2D eigenvalue weighted by atomic mass is 16.7. The predicted molar refractivity (Wildman–Crippen MR) is 120 cm³/mol. The lowest BCUT2D eigenvalue weighted by molar-refractivity contribution is -0.147. The maximum atomic E-state index is 12.9. The van der Waals surface area contributed by atoms with Gasteiger partial charge in [-0.3, -0.25) is 4.90 Å². The maximum absolute atomic E-state index is 12.9. The predicted octanol–water partition coefficient (Wildman–Crippen LogP) is 3.20. The molecule has 0 radical (unpaired) electrons. The molecule has 0 N–H and O–H groups in total. The van der Waals surface area contributed by atoms with E-state index in [1.54, 1.807) is 0 Å². The van der Waals surface area contributed by atoms with Crippen LogP contribution in [0, 0.1) is 5.92 Å². The van der Waals surface area contributed by atoms with Crippen LogP contribution in [0.4, 0.5) is 4.79 Å². The minimum absolute atomic E-state index is 0.0231. The number of esters is 1. The quantitative estimate of drug-likeness (QED) is 0.464. The molecule has 31 heavy (non-hydrogen) atoms. The number of rotatable bonds is 6. The van der Waals surface area contributed by atoms with Gasteiger partial charge < -0.3 is 23.7 Å². The normalized spacial score (nSPS) is 27.6. The Balaban J connectivity index is 2.12. The van der Waals surface area contributed by atoms with Crippen molar-refractivity contribution in [3.63, 3.8) is 0 Å². The van der Waals surface area contributed by atoms with Crippen LogP contribution in [0.25, 0.3) is 0 Å². The molecule has 0 aromatic carbocycles. The van der Waals surface area contributed by atoms with E-state index in [4.69, 9.17) is 18.8 Å². The minimum atomic E-state index is -0.675. The van der Waals surface area contributed by atoms with Gasteiger partial charge in [0.15, 0.2) is 0 Å². The number of carbonyl (C=O) groups is 2. The van der Waals surface area contributed by atoms with Crippen LogP contribution in [-0.2, 0) is 23.6 Å². The Morgan fingerprint density at radius 3 is 2.13 bits per heavy atom. The highest BCUT2D eigenvalue weighted by molar-refractivity contribution is 6.45. The van der Waals surface area contributed by atoms with E-state index in [2.05, 4.69) is 4.90 Å². The summed E-state index contributed by atoms with van der Waals surface area (Å²) in [5, 5.41) is 0. The van der Waals surface area contributed by atoms with Gasteiger partial charge in [-0.1, -0.05) is 6.42 Å². The molecule has 2 heterocycles. The van der Waals surface area contributed by atoms with E-state index in [1.165, 1.54) is 12.0 Å². The summed E-state index contributed by atoms with van der Waals surface area (Å²) in [6.45, 7) is 14.0. The number of carbonyl (C=O) groups excluding carboxylic acids is 2. The van der Waals surface area contributed by atoms with E-state index in [-0.39, 0.29) is 30.3 Å². The SMILES string of the molecule is COC(=O)[C@@H]1[C@H](CCCB2OC(C)(C)C(C)(C)O2)[C@@H](N(C)C)CN1C(=O)OC(C)(C)C. The summed E-state index contributed by atoms with van der Waals surface area (Å²) in [5.74, 6) is -0.478. The summed E-state index contributed by atoms with van der Waals surface area (Å²) < 4.78 is 22.9. The van der Waals surface area contributed by atoms with Crippen LogP contribution in [0.3, 0.4) is 0 Å². The molecule has 0 aromatic rings. The molecule has 8 nitrogen and oxygen atoms in total. The van der Waals surface area contributed by atoms with Gasteiger partial charge in [0.2, 0.25) is 0 Å². The summed E-state index contributed by atoms with van der Waals surface area (Å²) in [4.78, 5) is 29.2. The van der Waals surface area contributed by atoms with Crippen molar-refractivity contribution in [3.8, 4) is 0 Å². The van der Waals surface area contributed by atoms with Gasteiger partial charge in [-0.25, -0.2) is 9.59 Å². The Morgan fingerprint density at radius 1 is 1.13 bits per heavy atom. The zero-order valence-corrected chi connectivity index (χ0v) is 21.0. The van der Waals surface area contributed by atoms with Gasteiger partial charge in [0.25, 0.3) is 0 Å². The molecule has 3 atom stereocenters. The van der Waals surface area contributed by atoms with Gasteiger partial charge >= 0.3 is 19.2 Å². The molecule has 178 valence electrons. The van der Waals surface area contributed by atoms with Gasteiger partial charge in [0.1, 0.15) is 11.6 Å². The highest BCUT2D eigenvalue weighted by Gasteiger charge is 2.52. The van der Waals surface area contributed by atoms with Crippen molar-refractivity contribution < 1.29 is 28.4 Å². The van der Waals surface area contributed by atoms with Crippen molar-refractivity contribution in [1.82, 2.24) is 9.80 Å². The number of likely N-dealkylation sites (N-methyl/N-ethyl adjacent to an activating group) is 1. The number of amides is 1. The molecule has 2 aliphatic heterocycles. The molecule has 0 saturated carbocycles. The maximum Gasteiger partial charge on any atom is 0.457 e. The largest absolute Gasteiger partial charge is 0.467 e. The van der Waals surface area contributed by atoms with Crippen LogP contribution in [0.5, 0.6) is 0 Å². The molecule has 2 saturated heterocycles. The molecular formula is C22H41BN2O6. The third-order valence-electron chi connectivity index (χ3n) is 6.63. The first kappa shape index (κ1) is 25.9. The Hall–Kier alpha value is -1.32. The van der Waals surface area contributed by atoms with Crippen molar-refractivity contribution in [2.75, 3.05) is 27.7 Å². The molecule has 2 rings (SSSR count). The number of nitrogens with zero attached hydrogens (tertiary/aromatic N) is 2. The van der Waals surface area contributed by atoms with Crippen LogP contribution in [0.2, 0.25) is 6.32 Å². The van der Waals surface area contributed by atoms with Gasteiger partial charge in [-0.15, -0.1) is 0 Å². The van der Waals surface area contributed by atoms with Crippen LogP contribution in [-0.4, -0.2) is 85.6 Å². The van der Waals surface area contributed by atoms with Gasteiger partial charge in [0.05, 0.1) is 18.3 Å². The molecule has 2 fully saturated rings.